The quantitative estimate of drug-likeness (QED) is 0.656. The molecule has 2 aromatic carbocycles. The zero-order chi connectivity index (χ0) is 21.6. The highest BCUT2D eigenvalue weighted by atomic mass is 32.2. The predicted molar refractivity (Wildman–Crippen MR) is 102 cm³/mol. The third kappa shape index (κ3) is 5.58. The molecule has 0 aliphatic carbocycles. The number of carbonyl (C=O) groups excluding carboxylic acids is 2. The number of amides is 1. The molecule has 0 saturated carbocycles. The standard InChI is InChI=1S/C19H20F2N2O5S/c1-3-23(4-2)29(26,27)15-7-5-6-13(10-15)19(25)28-12-18(24)22-14-8-9-16(20)17(21)11-14/h5-11H,3-4,12H2,1-2H3,(H,22,24). The third-order valence-corrected chi connectivity index (χ3v) is 6.00. The van der Waals surface area contributed by atoms with Crippen molar-refractivity contribution in [3.63, 3.8) is 0 Å². The number of ether oxygens (including phenoxy) is 1. The van der Waals surface area contributed by atoms with Crippen LogP contribution in [-0.2, 0) is 19.6 Å². The van der Waals surface area contributed by atoms with Gasteiger partial charge in [0.1, 0.15) is 0 Å². The molecule has 0 atom stereocenters. The van der Waals surface area contributed by atoms with Crippen molar-refractivity contribution < 1.29 is 31.5 Å². The topological polar surface area (TPSA) is 92.8 Å². The molecule has 156 valence electrons. The van der Waals surface area contributed by atoms with Crippen molar-refractivity contribution in [1.29, 1.82) is 0 Å². The van der Waals surface area contributed by atoms with Crippen molar-refractivity contribution >= 4 is 27.6 Å². The highest BCUT2D eigenvalue weighted by Gasteiger charge is 2.23. The summed E-state index contributed by atoms with van der Waals surface area (Å²) >= 11 is 0. The number of hydrogen-bond acceptors (Lipinski definition) is 5. The maximum Gasteiger partial charge on any atom is 0.338 e. The highest BCUT2D eigenvalue weighted by molar-refractivity contribution is 7.89. The van der Waals surface area contributed by atoms with Crippen LogP contribution in [0, 0.1) is 11.6 Å². The summed E-state index contributed by atoms with van der Waals surface area (Å²) < 4.78 is 57.2. The van der Waals surface area contributed by atoms with E-state index >= 15 is 0 Å². The Hall–Kier alpha value is -2.85. The summed E-state index contributed by atoms with van der Waals surface area (Å²) in [6.45, 7) is 3.26. The van der Waals surface area contributed by atoms with E-state index in [-0.39, 0.29) is 29.2 Å². The van der Waals surface area contributed by atoms with Gasteiger partial charge >= 0.3 is 5.97 Å². The van der Waals surface area contributed by atoms with Crippen molar-refractivity contribution in [3.8, 4) is 0 Å². The van der Waals surface area contributed by atoms with Gasteiger partial charge in [-0.3, -0.25) is 4.79 Å². The van der Waals surface area contributed by atoms with Crippen molar-refractivity contribution in [2.75, 3.05) is 25.0 Å². The molecule has 29 heavy (non-hydrogen) atoms. The normalized spacial score (nSPS) is 11.3. The largest absolute Gasteiger partial charge is 0.452 e. The van der Waals surface area contributed by atoms with Crippen LogP contribution in [0.3, 0.4) is 0 Å². The van der Waals surface area contributed by atoms with Crippen LogP contribution < -0.4 is 5.32 Å². The Morgan fingerprint density at radius 1 is 1.03 bits per heavy atom. The maximum atomic E-state index is 13.1. The van der Waals surface area contributed by atoms with Crippen LogP contribution in [0.1, 0.15) is 24.2 Å². The van der Waals surface area contributed by atoms with Gasteiger partial charge in [-0.1, -0.05) is 19.9 Å². The molecule has 7 nitrogen and oxygen atoms in total. The molecule has 0 radical (unpaired) electrons. The lowest BCUT2D eigenvalue weighted by Crippen LogP contribution is -2.30. The van der Waals surface area contributed by atoms with E-state index in [1.165, 1.54) is 28.6 Å². The molecule has 0 heterocycles. The second-order valence-corrected chi connectivity index (χ2v) is 7.81. The Bertz CT molecular complexity index is 1010. The number of hydrogen-bond donors (Lipinski definition) is 1. The second-order valence-electron chi connectivity index (χ2n) is 5.87. The number of rotatable bonds is 8. The number of esters is 1. The molecule has 10 heteroatoms. The molecular weight excluding hydrogens is 406 g/mol. The van der Waals surface area contributed by atoms with Crippen LogP contribution in [0.2, 0.25) is 0 Å². The molecule has 0 aliphatic heterocycles. The van der Waals surface area contributed by atoms with E-state index in [2.05, 4.69) is 5.32 Å². The molecular formula is C19H20F2N2O5S. The Kier molecular flexibility index (Phi) is 7.40. The summed E-state index contributed by atoms with van der Waals surface area (Å²) in [5, 5.41) is 2.26. The van der Waals surface area contributed by atoms with E-state index < -0.39 is 40.1 Å². The van der Waals surface area contributed by atoms with Crippen molar-refractivity contribution in [2.45, 2.75) is 18.7 Å². The number of carbonyl (C=O) groups is 2. The van der Waals surface area contributed by atoms with E-state index in [9.17, 15) is 26.8 Å². The minimum Gasteiger partial charge on any atom is -0.452 e. The van der Waals surface area contributed by atoms with Gasteiger partial charge in [0, 0.05) is 24.8 Å². The van der Waals surface area contributed by atoms with Crippen LogP contribution in [0.15, 0.2) is 47.4 Å². The molecule has 0 aromatic heterocycles. The van der Waals surface area contributed by atoms with E-state index in [0.717, 1.165) is 18.2 Å². The number of nitrogens with one attached hydrogen (secondary N) is 1. The summed E-state index contributed by atoms with van der Waals surface area (Å²) in [6, 6.07) is 8.07. The fraction of sp³-hybridized carbons (Fsp3) is 0.263. The summed E-state index contributed by atoms with van der Waals surface area (Å²) in [6.07, 6.45) is 0. The molecule has 1 amide bonds. The summed E-state index contributed by atoms with van der Waals surface area (Å²) in [7, 11) is -3.76. The molecule has 2 rings (SSSR count). The Labute approximate surface area is 167 Å². The van der Waals surface area contributed by atoms with E-state index in [1.54, 1.807) is 13.8 Å². The minimum absolute atomic E-state index is 0.00253. The van der Waals surface area contributed by atoms with Gasteiger partial charge in [-0.15, -0.1) is 0 Å². The highest BCUT2D eigenvalue weighted by Crippen LogP contribution is 2.18. The molecule has 0 bridgehead atoms. The van der Waals surface area contributed by atoms with Gasteiger partial charge in [-0.25, -0.2) is 22.0 Å². The third-order valence-electron chi connectivity index (χ3n) is 3.95. The summed E-state index contributed by atoms with van der Waals surface area (Å²) in [5.74, 6) is -3.86. The van der Waals surface area contributed by atoms with Gasteiger partial charge in [-0.2, -0.15) is 4.31 Å². The van der Waals surface area contributed by atoms with Gasteiger partial charge in [0.25, 0.3) is 5.91 Å². The summed E-state index contributed by atoms with van der Waals surface area (Å²) in [4.78, 5) is 23.9. The van der Waals surface area contributed by atoms with Crippen LogP contribution >= 0.6 is 0 Å². The molecule has 0 aliphatic rings. The molecule has 0 unspecified atom stereocenters. The van der Waals surface area contributed by atoms with Crippen LogP contribution in [0.4, 0.5) is 14.5 Å². The van der Waals surface area contributed by atoms with Gasteiger partial charge < -0.3 is 10.1 Å². The van der Waals surface area contributed by atoms with E-state index in [1.807, 2.05) is 0 Å². The van der Waals surface area contributed by atoms with Gasteiger partial charge in [0.2, 0.25) is 10.0 Å². The predicted octanol–water partition coefficient (Wildman–Crippen LogP) is 2.79. The molecule has 0 fully saturated rings. The minimum atomic E-state index is -3.76. The van der Waals surface area contributed by atoms with Gasteiger partial charge in [0.15, 0.2) is 18.2 Å². The zero-order valence-corrected chi connectivity index (χ0v) is 16.6. The molecule has 2 aromatic rings. The average Bonchev–Trinajstić information content (AvgIpc) is 2.69. The molecule has 1 N–H and O–H groups in total. The molecule has 0 saturated heterocycles. The van der Waals surface area contributed by atoms with Crippen LogP contribution in [-0.4, -0.2) is 44.3 Å². The zero-order valence-electron chi connectivity index (χ0n) is 15.8. The first kappa shape index (κ1) is 22.4. The van der Waals surface area contributed by atoms with E-state index in [0.29, 0.717) is 0 Å². The lowest BCUT2D eigenvalue weighted by Gasteiger charge is -2.18. The van der Waals surface area contributed by atoms with Crippen molar-refractivity contribution in [2.24, 2.45) is 0 Å². The Morgan fingerprint density at radius 2 is 1.72 bits per heavy atom. The molecule has 0 spiro atoms. The first-order chi connectivity index (χ1) is 13.7. The average molecular weight is 426 g/mol. The van der Waals surface area contributed by atoms with Gasteiger partial charge in [-0.05, 0) is 30.3 Å². The number of sulfonamides is 1. The summed E-state index contributed by atoms with van der Waals surface area (Å²) in [5.41, 5.74) is -0.0453. The first-order valence-corrected chi connectivity index (χ1v) is 10.1. The SMILES string of the molecule is CCN(CC)S(=O)(=O)c1cccc(C(=O)OCC(=O)Nc2ccc(F)c(F)c2)c1. The second kappa shape index (κ2) is 9.57. The lowest BCUT2D eigenvalue weighted by molar-refractivity contribution is -0.119. The Balaban J connectivity index is 2.04. The Morgan fingerprint density at radius 3 is 2.34 bits per heavy atom. The first-order valence-electron chi connectivity index (χ1n) is 8.71. The number of benzene rings is 2. The number of halogens is 2. The van der Waals surface area contributed by atoms with E-state index in [4.69, 9.17) is 4.74 Å². The lowest BCUT2D eigenvalue weighted by atomic mass is 10.2. The van der Waals surface area contributed by atoms with Crippen LogP contribution in [0.25, 0.3) is 0 Å². The maximum absolute atomic E-state index is 13.1. The number of nitrogens with zero attached hydrogens (tertiary/aromatic N) is 1. The smallest absolute Gasteiger partial charge is 0.338 e. The van der Waals surface area contributed by atoms with Crippen molar-refractivity contribution in [3.05, 3.63) is 59.7 Å². The van der Waals surface area contributed by atoms with Gasteiger partial charge in [0.05, 0.1) is 10.5 Å². The monoisotopic (exact) mass is 426 g/mol. The van der Waals surface area contributed by atoms with Crippen LogP contribution in [0.5, 0.6) is 0 Å². The fourth-order valence-corrected chi connectivity index (χ4v) is 3.99. The number of anilines is 1. The van der Waals surface area contributed by atoms with Crippen molar-refractivity contribution in [1.82, 2.24) is 4.31 Å². The fourth-order valence-electron chi connectivity index (χ4n) is 2.48.